The normalized spacial score (nSPS) is 14.9. The second-order valence-electron chi connectivity index (χ2n) is 13.6. The van der Waals surface area contributed by atoms with Crippen molar-refractivity contribution in [3.63, 3.8) is 0 Å². The van der Waals surface area contributed by atoms with Crippen LogP contribution in [0.2, 0.25) is 0 Å². The summed E-state index contributed by atoms with van der Waals surface area (Å²) < 4.78 is 0. The first-order chi connectivity index (χ1) is 27.5. The first-order valence-electron chi connectivity index (χ1n) is 18.7. The molecule has 3 nitrogen and oxygen atoms in total. The summed E-state index contributed by atoms with van der Waals surface area (Å²) in [6, 6.07) is 64.8. The molecular formula is C52H43N3S. The van der Waals surface area contributed by atoms with Gasteiger partial charge in [0.2, 0.25) is 0 Å². The number of aryl methyl sites for hydroxylation is 1. The second-order valence-corrected chi connectivity index (χ2v) is 14.7. The Balaban J connectivity index is 0.000000172. The lowest BCUT2D eigenvalue weighted by atomic mass is 9.78. The molecule has 2 atom stereocenters. The Kier molecular flexibility index (Phi) is 12.2. The molecule has 0 saturated heterocycles. The van der Waals surface area contributed by atoms with Crippen LogP contribution in [0.25, 0.3) is 39.0 Å². The minimum absolute atomic E-state index is 0.0656. The number of hydrogen-bond donors (Lipinski definition) is 2. The van der Waals surface area contributed by atoms with Gasteiger partial charge in [-0.2, -0.15) is 0 Å². The number of nitrogens with one attached hydrogen (secondary N) is 2. The zero-order chi connectivity index (χ0) is 38.7. The van der Waals surface area contributed by atoms with E-state index in [1.54, 1.807) is 6.21 Å². The van der Waals surface area contributed by atoms with Gasteiger partial charge in [-0.25, -0.2) is 4.99 Å². The lowest BCUT2D eigenvalue weighted by Gasteiger charge is -2.25. The van der Waals surface area contributed by atoms with Crippen LogP contribution in [0.15, 0.2) is 215 Å². The molecule has 0 radical (unpaired) electrons. The number of rotatable bonds is 6. The molecule has 0 spiro atoms. The van der Waals surface area contributed by atoms with Gasteiger partial charge in [-0.15, -0.1) is 0 Å². The molecule has 7 aromatic rings. The summed E-state index contributed by atoms with van der Waals surface area (Å²) in [6.45, 7) is 5.45. The Hall–Kier alpha value is -6.62. The molecule has 2 N–H and O–H groups in total. The number of amidine groups is 1. The Morgan fingerprint density at radius 1 is 0.589 bits per heavy atom. The summed E-state index contributed by atoms with van der Waals surface area (Å²) >= 11 is 1.89. The Labute approximate surface area is 334 Å². The van der Waals surface area contributed by atoms with Gasteiger partial charge in [-0.3, -0.25) is 5.41 Å². The molecule has 1 aliphatic heterocycles. The van der Waals surface area contributed by atoms with Crippen LogP contribution in [-0.4, -0.2) is 18.8 Å². The van der Waals surface area contributed by atoms with E-state index in [0.29, 0.717) is 0 Å². The maximum absolute atomic E-state index is 8.19. The van der Waals surface area contributed by atoms with E-state index in [2.05, 4.69) is 146 Å². The van der Waals surface area contributed by atoms with Crippen LogP contribution in [0.5, 0.6) is 0 Å². The summed E-state index contributed by atoms with van der Waals surface area (Å²) in [4.78, 5) is 6.31. The minimum Gasteiger partial charge on any atom is -0.312 e. The number of allylic oxidation sites excluding steroid dienone is 4. The van der Waals surface area contributed by atoms with Crippen LogP contribution < -0.4 is 0 Å². The summed E-state index contributed by atoms with van der Waals surface area (Å²) in [5.41, 5.74) is 13.2. The minimum atomic E-state index is 0.0656. The average Bonchev–Trinajstić information content (AvgIpc) is 3.67. The van der Waals surface area contributed by atoms with Crippen molar-refractivity contribution in [2.24, 2.45) is 10.9 Å². The van der Waals surface area contributed by atoms with E-state index in [0.717, 1.165) is 16.7 Å². The molecule has 9 rings (SSSR count). The van der Waals surface area contributed by atoms with Crippen LogP contribution in [0.1, 0.15) is 28.2 Å². The van der Waals surface area contributed by atoms with Crippen LogP contribution >= 0.6 is 11.8 Å². The third kappa shape index (κ3) is 8.68. The zero-order valence-corrected chi connectivity index (χ0v) is 32.2. The maximum Gasteiger partial charge on any atom is 0.151 e. The van der Waals surface area contributed by atoms with Crippen molar-refractivity contribution in [1.29, 1.82) is 10.8 Å². The number of aliphatic imine (C=N–C) groups is 1. The van der Waals surface area contributed by atoms with Crippen LogP contribution in [-0.2, 0) is 0 Å². The van der Waals surface area contributed by atoms with Crippen LogP contribution in [0, 0.1) is 23.7 Å². The van der Waals surface area contributed by atoms with E-state index in [9.17, 15) is 0 Å². The number of fused-ring (bicyclic) bond motifs is 3. The second kappa shape index (κ2) is 18.1. The highest BCUT2D eigenvalue weighted by Crippen LogP contribution is 2.59. The molecule has 56 heavy (non-hydrogen) atoms. The third-order valence-electron chi connectivity index (χ3n) is 9.89. The van der Waals surface area contributed by atoms with Crippen molar-refractivity contribution < 1.29 is 0 Å². The van der Waals surface area contributed by atoms with Gasteiger partial charge in [-0.05, 0) is 81.9 Å². The monoisotopic (exact) mass is 741 g/mol. The summed E-state index contributed by atoms with van der Waals surface area (Å²) in [6.07, 6.45) is 6.03. The quantitative estimate of drug-likeness (QED) is 0.129. The van der Waals surface area contributed by atoms with Gasteiger partial charge in [0.05, 0.1) is 0 Å². The van der Waals surface area contributed by atoms with Gasteiger partial charge in [0.25, 0.3) is 0 Å². The van der Waals surface area contributed by atoms with Gasteiger partial charge >= 0.3 is 0 Å². The predicted octanol–water partition coefficient (Wildman–Crippen LogP) is 13.8. The van der Waals surface area contributed by atoms with Crippen molar-refractivity contribution in [2.45, 2.75) is 17.7 Å². The molecule has 1 heterocycles. The average molecular weight is 742 g/mol. The number of nitrogens with zero attached hydrogens (tertiary/aromatic N) is 1. The topological polar surface area (TPSA) is 60.1 Å². The highest BCUT2D eigenvalue weighted by Gasteiger charge is 2.38. The van der Waals surface area contributed by atoms with Gasteiger partial charge in [0, 0.05) is 33.4 Å². The number of benzene rings is 7. The summed E-state index contributed by atoms with van der Waals surface area (Å²) in [5.74, 6) is 0.447. The molecule has 0 amide bonds. The Morgan fingerprint density at radius 3 is 1.64 bits per heavy atom. The molecule has 0 aromatic heterocycles. The highest BCUT2D eigenvalue weighted by atomic mass is 32.2. The molecule has 7 aromatic carbocycles. The van der Waals surface area contributed by atoms with Gasteiger partial charge < -0.3 is 5.41 Å². The SMILES string of the molecule is C=NC(=N)c1cccc(-c2ccccc2)c1.Cc1ccccc1.N=CC1C=CC(c2ccccc2)=C2Sc3c(-c4ccccc4)cc(-c4ccccc4)cc3C21. The largest absolute Gasteiger partial charge is 0.312 e. The fourth-order valence-corrected chi connectivity index (χ4v) is 8.57. The molecule has 2 unspecified atom stereocenters. The third-order valence-corrected chi connectivity index (χ3v) is 11.2. The van der Waals surface area contributed by atoms with Crippen molar-refractivity contribution in [1.82, 2.24) is 0 Å². The van der Waals surface area contributed by atoms with Crippen LogP contribution in [0.3, 0.4) is 0 Å². The summed E-state index contributed by atoms with van der Waals surface area (Å²) in [5, 5.41) is 15.8. The van der Waals surface area contributed by atoms with Crippen molar-refractivity contribution in [3.05, 3.63) is 227 Å². The summed E-state index contributed by atoms with van der Waals surface area (Å²) in [7, 11) is 0. The van der Waals surface area contributed by atoms with Gasteiger partial charge in [-0.1, -0.05) is 199 Å². The van der Waals surface area contributed by atoms with E-state index >= 15 is 0 Å². The van der Waals surface area contributed by atoms with Crippen molar-refractivity contribution in [2.75, 3.05) is 0 Å². The Bertz CT molecular complexity index is 2490. The van der Waals surface area contributed by atoms with Crippen LogP contribution in [0.4, 0.5) is 0 Å². The fraction of sp³-hybridized carbons (Fsp3) is 0.0577. The molecular weight excluding hydrogens is 699 g/mol. The molecule has 0 saturated carbocycles. The van der Waals surface area contributed by atoms with Gasteiger partial charge in [0.15, 0.2) is 5.84 Å². The lowest BCUT2D eigenvalue weighted by molar-refractivity contribution is 0.737. The smallest absolute Gasteiger partial charge is 0.151 e. The molecule has 1 aliphatic carbocycles. The molecule has 2 aliphatic rings. The first kappa shape index (κ1) is 37.7. The molecule has 4 heteroatoms. The van der Waals surface area contributed by atoms with E-state index in [1.807, 2.05) is 84.6 Å². The standard InChI is InChI=1S/C31H23NS.C14H12N2.C7H8/c32-20-24-16-17-26(22-12-6-2-7-13-22)31-29(24)28-19-25(21-10-4-1-5-11-21)18-27(30(28)33-31)23-14-8-3-9-15-23;1-16-14(15)13-9-5-8-12(10-13)11-6-3-2-4-7-11;1-7-5-3-2-4-6-7/h1-20,24,29,32H;2-10,15H,1H2;2-6H,1H3. The van der Waals surface area contributed by atoms with E-state index in [-0.39, 0.29) is 17.7 Å². The van der Waals surface area contributed by atoms with Crippen molar-refractivity contribution in [3.8, 4) is 33.4 Å². The molecule has 272 valence electrons. The lowest BCUT2D eigenvalue weighted by Crippen LogP contribution is -2.14. The molecule has 0 fully saturated rings. The van der Waals surface area contributed by atoms with Crippen molar-refractivity contribution >= 4 is 36.1 Å². The van der Waals surface area contributed by atoms with Gasteiger partial charge in [0.1, 0.15) is 0 Å². The molecule has 0 bridgehead atoms. The number of hydrogen-bond acceptors (Lipinski definition) is 3. The van der Waals surface area contributed by atoms with E-state index in [4.69, 9.17) is 10.8 Å². The van der Waals surface area contributed by atoms with E-state index < -0.39 is 0 Å². The van der Waals surface area contributed by atoms with E-state index in [1.165, 1.54) is 54.3 Å². The number of thioether (sulfide) groups is 1. The highest BCUT2D eigenvalue weighted by molar-refractivity contribution is 8.03. The predicted molar refractivity (Wildman–Crippen MR) is 240 cm³/mol. The first-order valence-corrected chi connectivity index (χ1v) is 19.5. The Morgan fingerprint density at radius 2 is 1.11 bits per heavy atom. The zero-order valence-electron chi connectivity index (χ0n) is 31.3. The fourth-order valence-electron chi connectivity index (χ4n) is 7.06. The maximum atomic E-state index is 8.19.